The third kappa shape index (κ3) is 11.2. The lowest BCUT2D eigenvalue weighted by Gasteiger charge is -2.34. The highest BCUT2D eigenvalue weighted by Gasteiger charge is 2.36. The number of thioether (sulfide) groups is 1. The van der Waals surface area contributed by atoms with Crippen LogP contribution in [-0.2, 0) is 20.9 Å². The minimum atomic E-state index is -0.998. The maximum absolute atomic E-state index is 14.1. The molecule has 0 aromatic heterocycles. The summed E-state index contributed by atoms with van der Waals surface area (Å²) >= 11 is 1.56. The average Bonchev–Trinajstić information content (AvgIpc) is 2.88. The number of amides is 3. The summed E-state index contributed by atoms with van der Waals surface area (Å²) in [4.78, 5) is 42.1. The van der Waals surface area contributed by atoms with Gasteiger partial charge in [-0.15, -0.1) is 0 Å². The topological polar surface area (TPSA) is 108 Å². The van der Waals surface area contributed by atoms with E-state index in [9.17, 15) is 19.5 Å². The van der Waals surface area contributed by atoms with Gasteiger partial charge in [0.15, 0.2) is 0 Å². The average molecular weight is 558 g/mol. The number of carbonyl (C=O) groups is 3. The fraction of sp³-hybridized carbons (Fsp3) is 0.500. The largest absolute Gasteiger partial charge is 0.508 e. The zero-order valence-electron chi connectivity index (χ0n) is 23.7. The molecule has 3 N–H and O–H groups in total. The van der Waals surface area contributed by atoms with Gasteiger partial charge < -0.3 is 25.4 Å². The molecule has 0 bridgehead atoms. The summed E-state index contributed by atoms with van der Waals surface area (Å²) in [7, 11) is 0. The van der Waals surface area contributed by atoms with Crippen molar-refractivity contribution in [3.63, 3.8) is 0 Å². The van der Waals surface area contributed by atoms with Crippen molar-refractivity contribution in [3.8, 4) is 5.75 Å². The minimum absolute atomic E-state index is 0.000120. The Kier molecular flexibility index (Phi) is 13.2. The van der Waals surface area contributed by atoms with Gasteiger partial charge in [-0.1, -0.05) is 62.2 Å². The van der Waals surface area contributed by atoms with Crippen LogP contribution in [-0.4, -0.2) is 58.1 Å². The number of ether oxygens (including phenoxy) is 1. The summed E-state index contributed by atoms with van der Waals surface area (Å²) in [5, 5.41) is 15.9. The Hall–Kier alpha value is -3.20. The van der Waals surface area contributed by atoms with Crippen molar-refractivity contribution in [3.05, 3.63) is 65.7 Å². The van der Waals surface area contributed by atoms with Crippen LogP contribution in [0.4, 0.5) is 4.79 Å². The van der Waals surface area contributed by atoms with Crippen molar-refractivity contribution >= 4 is 29.7 Å². The number of benzene rings is 2. The summed E-state index contributed by atoms with van der Waals surface area (Å²) in [5.41, 5.74) is 0.694. The lowest BCUT2D eigenvalue weighted by molar-refractivity contribution is -0.142. The van der Waals surface area contributed by atoms with E-state index in [4.69, 9.17) is 4.74 Å². The number of hydrogen-bond acceptors (Lipinski definition) is 6. The van der Waals surface area contributed by atoms with E-state index in [1.165, 1.54) is 17.0 Å². The molecule has 0 saturated heterocycles. The van der Waals surface area contributed by atoms with Crippen LogP contribution in [0.1, 0.15) is 70.5 Å². The van der Waals surface area contributed by atoms with Crippen molar-refractivity contribution in [2.75, 3.05) is 18.6 Å². The lowest BCUT2D eigenvalue weighted by Crippen LogP contribution is -2.53. The fourth-order valence-electron chi connectivity index (χ4n) is 4.09. The molecular weight excluding hydrogens is 514 g/mol. The molecule has 8 nitrogen and oxygen atoms in total. The smallest absolute Gasteiger partial charge is 0.408 e. The van der Waals surface area contributed by atoms with Gasteiger partial charge in [0.2, 0.25) is 11.8 Å². The third-order valence-electron chi connectivity index (χ3n) is 5.94. The molecular formula is C30H43N3O5S. The number of alkyl carbamates (subject to hydrolysis) is 1. The number of hydrogen-bond donors (Lipinski definition) is 3. The second-order valence-electron chi connectivity index (χ2n) is 10.4. The van der Waals surface area contributed by atoms with Gasteiger partial charge >= 0.3 is 6.09 Å². The zero-order valence-corrected chi connectivity index (χ0v) is 24.6. The molecule has 39 heavy (non-hydrogen) atoms. The Labute approximate surface area is 236 Å². The van der Waals surface area contributed by atoms with E-state index < -0.39 is 23.8 Å². The molecule has 2 rings (SSSR count). The van der Waals surface area contributed by atoms with Crippen LogP contribution in [0.3, 0.4) is 0 Å². The van der Waals surface area contributed by atoms with Crippen LogP contribution in [0.2, 0.25) is 0 Å². The third-order valence-corrected chi connectivity index (χ3v) is 6.58. The molecule has 2 unspecified atom stereocenters. The molecule has 2 aromatic rings. The van der Waals surface area contributed by atoms with Gasteiger partial charge in [-0.25, -0.2) is 4.79 Å². The normalized spacial score (nSPS) is 12.7. The molecule has 0 fully saturated rings. The molecule has 0 spiro atoms. The summed E-state index contributed by atoms with van der Waals surface area (Å²) in [5.74, 6) is -0.101. The van der Waals surface area contributed by atoms with Crippen molar-refractivity contribution < 1.29 is 24.2 Å². The van der Waals surface area contributed by atoms with Crippen molar-refractivity contribution in [2.45, 2.75) is 77.6 Å². The second-order valence-corrected chi connectivity index (χ2v) is 11.4. The first kappa shape index (κ1) is 32.0. The van der Waals surface area contributed by atoms with Gasteiger partial charge in [0.25, 0.3) is 0 Å². The monoisotopic (exact) mass is 557 g/mol. The summed E-state index contributed by atoms with van der Waals surface area (Å²) in [6.45, 7) is 7.96. The molecule has 0 aliphatic rings. The van der Waals surface area contributed by atoms with E-state index in [-0.39, 0.29) is 24.1 Å². The van der Waals surface area contributed by atoms with Gasteiger partial charge in [-0.3, -0.25) is 9.59 Å². The molecule has 0 heterocycles. The standard InChI is InChI=1S/C30H43N3O5S/c1-6-7-11-18-33(28(36)25(17-19-39-5)32-29(37)38-30(2,3)4)26(23-15-12-16-24(34)20-23)27(35)31-21-22-13-9-8-10-14-22/h8-10,12-16,20,25-26,34H,6-7,11,17-19,21H2,1-5H3,(H,31,35)(H,32,37). The maximum Gasteiger partial charge on any atom is 0.408 e. The van der Waals surface area contributed by atoms with E-state index in [1.54, 1.807) is 44.7 Å². The number of phenolic OH excluding ortho intramolecular Hbond substituents is 1. The van der Waals surface area contributed by atoms with Crippen LogP contribution in [0.5, 0.6) is 5.75 Å². The highest BCUT2D eigenvalue weighted by molar-refractivity contribution is 7.98. The first-order valence-corrected chi connectivity index (χ1v) is 14.8. The number of rotatable bonds is 14. The van der Waals surface area contributed by atoms with Crippen LogP contribution >= 0.6 is 11.8 Å². The van der Waals surface area contributed by atoms with Crippen LogP contribution in [0.15, 0.2) is 54.6 Å². The van der Waals surface area contributed by atoms with E-state index in [1.807, 2.05) is 36.6 Å². The van der Waals surface area contributed by atoms with Crippen LogP contribution in [0, 0.1) is 0 Å². The number of nitrogens with one attached hydrogen (secondary N) is 2. The summed E-state index contributed by atoms with van der Waals surface area (Å²) < 4.78 is 5.43. The molecule has 9 heteroatoms. The first-order chi connectivity index (χ1) is 18.6. The number of carbonyl (C=O) groups excluding carboxylic acids is 3. The molecule has 0 saturated carbocycles. The van der Waals surface area contributed by atoms with Gasteiger partial charge in [0, 0.05) is 13.1 Å². The molecule has 0 aliphatic heterocycles. The Morgan fingerprint density at radius 1 is 1.05 bits per heavy atom. The van der Waals surface area contributed by atoms with Gasteiger partial charge in [0.1, 0.15) is 23.4 Å². The summed E-state index contributed by atoms with van der Waals surface area (Å²) in [6.07, 6.45) is 4.12. The maximum atomic E-state index is 14.1. The predicted octanol–water partition coefficient (Wildman–Crippen LogP) is 5.41. The number of unbranched alkanes of at least 4 members (excludes halogenated alkanes) is 2. The molecule has 3 amide bonds. The highest BCUT2D eigenvalue weighted by atomic mass is 32.2. The Balaban J connectivity index is 2.45. The molecule has 214 valence electrons. The highest BCUT2D eigenvalue weighted by Crippen LogP contribution is 2.27. The lowest BCUT2D eigenvalue weighted by atomic mass is 10.0. The zero-order chi connectivity index (χ0) is 28.8. The first-order valence-electron chi connectivity index (χ1n) is 13.4. The number of phenols is 1. The van der Waals surface area contributed by atoms with Gasteiger partial charge in [-0.2, -0.15) is 11.8 Å². The van der Waals surface area contributed by atoms with Crippen LogP contribution < -0.4 is 10.6 Å². The van der Waals surface area contributed by atoms with E-state index in [0.717, 1.165) is 18.4 Å². The van der Waals surface area contributed by atoms with Gasteiger partial charge in [-0.05, 0) is 68.9 Å². The second kappa shape index (κ2) is 16.0. The molecule has 2 aromatic carbocycles. The number of nitrogens with zero attached hydrogens (tertiary/aromatic N) is 1. The van der Waals surface area contributed by atoms with E-state index in [0.29, 0.717) is 30.7 Å². The van der Waals surface area contributed by atoms with Crippen LogP contribution in [0.25, 0.3) is 0 Å². The van der Waals surface area contributed by atoms with Crippen molar-refractivity contribution in [1.82, 2.24) is 15.5 Å². The SMILES string of the molecule is CCCCCN(C(=O)C(CCSC)NC(=O)OC(C)(C)C)C(C(=O)NCc1ccccc1)c1cccc(O)c1. The fourth-order valence-corrected chi connectivity index (χ4v) is 4.56. The Morgan fingerprint density at radius 3 is 2.38 bits per heavy atom. The number of aromatic hydroxyl groups is 1. The summed E-state index contributed by atoms with van der Waals surface area (Å²) in [6, 6.07) is 14.1. The van der Waals surface area contributed by atoms with Gasteiger partial charge in [0.05, 0.1) is 0 Å². The van der Waals surface area contributed by atoms with E-state index >= 15 is 0 Å². The Bertz CT molecular complexity index is 1060. The minimum Gasteiger partial charge on any atom is -0.508 e. The quantitative estimate of drug-likeness (QED) is 0.268. The molecule has 0 radical (unpaired) electrons. The van der Waals surface area contributed by atoms with E-state index in [2.05, 4.69) is 17.6 Å². The molecule has 0 aliphatic carbocycles. The van der Waals surface area contributed by atoms with Crippen molar-refractivity contribution in [1.29, 1.82) is 0 Å². The predicted molar refractivity (Wildman–Crippen MR) is 157 cm³/mol. The molecule has 2 atom stereocenters. The Morgan fingerprint density at radius 2 is 1.77 bits per heavy atom. The van der Waals surface area contributed by atoms with Crippen molar-refractivity contribution in [2.24, 2.45) is 0 Å².